The van der Waals surface area contributed by atoms with Gasteiger partial charge in [-0.05, 0) is 18.8 Å². The number of Topliss-reactive ketones (excluding diaryl/α,β-unsaturated/α-hetero) is 1. The Morgan fingerprint density at radius 3 is 2.50 bits per heavy atom. The van der Waals surface area contributed by atoms with Crippen LogP contribution in [0.5, 0.6) is 0 Å². The SMILES string of the molecule is CC(C(=O)CBr)C1CCCCC1. The normalized spacial score (nSPS) is 22.2. The molecule has 0 bridgehead atoms. The van der Waals surface area contributed by atoms with Crippen LogP contribution in [0.25, 0.3) is 0 Å². The van der Waals surface area contributed by atoms with Crippen LogP contribution in [0, 0.1) is 11.8 Å². The van der Waals surface area contributed by atoms with E-state index in [0.717, 1.165) is 0 Å². The van der Waals surface area contributed by atoms with Crippen LogP contribution in [-0.2, 0) is 4.79 Å². The molecule has 0 radical (unpaired) electrons. The van der Waals surface area contributed by atoms with Crippen LogP contribution in [0.3, 0.4) is 0 Å². The highest BCUT2D eigenvalue weighted by Gasteiger charge is 2.24. The van der Waals surface area contributed by atoms with Crippen molar-refractivity contribution in [3.05, 3.63) is 0 Å². The third-order valence-electron chi connectivity index (χ3n) is 3.00. The van der Waals surface area contributed by atoms with Gasteiger partial charge in [0.05, 0.1) is 5.33 Å². The minimum absolute atomic E-state index is 0.282. The fourth-order valence-corrected chi connectivity index (χ4v) is 2.53. The van der Waals surface area contributed by atoms with E-state index in [0.29, 0.717) is 17.0 Å². The molecule has 12 heavy (non-hydrogen) atoms. The fraction of sp³-hybridized carbons (Fsp3) is 0.900. The molecule has 0 N–H and O–H groups in total. The molecule has 0 aromatic carbocycles. The van der Waals surface area contributed by atoms with Gasteiger partial charge in [0.25, 0.3) is 0 Å². The molecule has 0 aromatic rings. The van der Waals surface area contributed by atoms with E-state index >= 15 is 0 Å². The van der Waals surface area contributed by atoms with Gasteiger partial charge in [0.2, 0.25) is 0 Å². The van der Waals surface area contributed by atoms with E-state index in [2.05, 4.69) is 22.9 Å². The maximum atomic E-state index is 11.4. The number of rotatable bonds is 3. The average molecular weight is 233 g/mol. The first-order valence-corrected chi connectivity index (χ1v) is 5.96. The predicted octanol–water partition coefficient (Wildman–Crippen LogP) is 3.17. The van der Waals surface area contributed by atoms with Gasteiger partial charge in [-0.1, -0.05) is 42.1 Å². The third kappa shape index (κ3) is 2.58. The summed E-state index contributed by atoms with van der Waals surface area (Å²) in [7, 11) is 0. The predicted molar refractivity (Wildman–Crippen MR) is 54.5 cm³/mol. The molecule has 1 saturated carbocycles. The summed E-state index contributed by atoms with van der Waals surface area (Å²) >= 11 is 3.23. The van der Waals surface area contributed by atoms with E-state index in [9.17, 15) is 4.79 Å². The number of alkyl halides is 1. The van der Waals surface area contributed by atoms with Crippen LogP contribution in [0.4, 0.5) is 0 Å². The van der Waals surface area contributed by atoms with Gasteiger partial charge in [-0.2, -0.15) is 0 Å². The molecule has 0 heterocycles. The first-order valence-electron chi connectivity index (χ1n) is 4.84. The molecule has 70 valence electrons. The maximum absolute atomic E-state index is 11.4. The fourth-order valence-electron chi connectivity index (χ4n) is 2.02. The molecule has 2 heteroatoms. The third-order valence-corrected chi connectivity index (χ3v) is 3.55. The molecule has 1 nitrogen and oxygen atoms in total. The van der Waals surface area contributed by atoms with Gasteiger partial charge < -0.3 is 0 Å². The minimum atomic E-state index is 0.282. The smallest absolute Gasteiger partial charge is 0.146 e. The molecule has 0 saturated heterocycles. The highest BCUT2D eigenvalue weighted by molar-refractivity contribution is 9.09. The Kier molecular flexibility index (Phi) is 4.27. The Morgan fingerprint density at radius 2 is 2.00 bits per heavy atom. The summed E-state index contributed by atoms with van der Waals surface area (Å²) in [5, 5.41) is 0.532. The zero-order valence-corrected chi connectivity index (χ0v) is 9.27. The lowest BCUT2D eigenvalue weighted by Crippen LogP contribution is -2.23. The zero-order valence-electron chi connectivity index (χ0n) is 7.68. The van der Waals surface area contributed by atoms with Gasteiger partial charge >= 0.3 is 0 Å². The summed E-state index contributed by atoms with van der Waals surface area (Å²) in [6.45, 7) is 2.08. The number of carbonyl (C=O) groups excluding carboxylic acids is 1. The molecule has 0 aromatic heterocycles. The highest BCUT2D eigenvalue weighted by Crippen LogP contribution is 2.30. The lowest BCUT2D eigenvalue weighted by atomic mass is 9.79. The second-order valence-electron chi connectivity index (χ2n) is 3.79. The largest absolute Gasteiger partial charge is 0.298 e. The Hall–Kier alpha value is 0.150. The van der Waals surface area contributed by atoms with Crippen molar-refractivity contribution in [3.8, 4) is 0 Å². The maximum Gasteiger partial charge on any atom is 0.146 e. The monoisotopic (exact) mass is 232 g/mol. The van der Waals surface area contributed by atoms with Crippen molar-refractivity contribution >= 4 is 21.7 Å². The van der Waals surface area contributed by atoms with E-state index in [1.165, 1.54) is 32.1 Å². The molecule has 1 aliphatic carbocycles. The number of ketones is 1. The number of hydrogen-bond acceptors (Lipinski definition) is 1. The van der Waals surface area contributed by atoms with Crippen molar-refractivity contribution in [2.24, 2.45) is 11.8 Å². The summed E-state index contributed by atoms with van der Waals surface area (Å²) in [4.78, 5) is 11.4. The van der Waals surface area contributed by atoms with Gasteiger partial charge in [0.15, 0.2) is 0 Å². The lowest BCUT2D eigenvalue weighted by molar-refractivity contribution is -0.121. The second kappa shape index (κ2) is 5.00. The topological polar surface area (TPSA) is 17.1 Å². The van der Waals surface area contributed by atoms with Crippen LogP contribution in [0.2, 0.25) is 0 Å². The van der Waals surface area contributed by atoms with Gasteiger partial charge in [-0.3, -0.25) is 4.79 Å². The number of carbonyl (C=O) groups is 1. The van der Waals surface area contributed by atoms with Crippen molar-refractivity contribution < 1.29 is 4.79 Å². The van der Waals surface area contributed by atoms with E-state index in [4.69, 9.17) is 0 Å². The Morgan fingerprint density at radius 1 is 1.42 bits per heavy atom. The molecule has 0 aliphatic heterocycles. The summed E-state index contributed by atoms with van der Waals surface area (Å²) in [5.41, 5.74) is 0. The van der Waals surface area contributed by atoms with Gasteiger partial charge in [-0.15, -0.1) is 0 Å². The van der Waals surface area contributed by atoms with E-state index < -0.39 is 0 Å². The molecule has 1 fully saturated rings. The standard InChI is InChI=1S/C10H17BrO/c1-8(10(12)7-11)9-5-3-2-4-6-9/h8-9H,2-7H2,1H3. The molecule has 1 rings (SSSR count). The summed E-state index contributed by atoms with van der Waals surface area (Å²) < 4.78 is 0. The number of hydrogen-bond donors (Lipinski definition) is 0. The molecular formula is C10H17BrO. The van der Waals surface area contributed by atoms with Crippen LogP contribution in [0.15, 0.2) is 0 Å². The summed E-state index contributed by atoms with van der Waals surface area (Å²) in [5.74, 6) is 1.33. The van der Waals surface area contributed by atoms with Crippen LogP contribution < -0.4 is 0 Å². The summed E-state index contributed by atoms with van der Waals surface area (Å²) in [6.07, 6.45) is 6.54. The lowest BCUT2D eigenvalue weighted by Gasteiger charge is -2.26. The molecule has 1 unspecified atom stereocenters. The van der Waals surface area contributed by atoms with Crippen molar-refractivity contribution in [1.29, 1.82) is 0 Å². The average Bonchev–Trinajstić information content (AvgIpc) is 2.17. The molecule has 1 aliphatic rings. The second-order valence-corrected chi connectivity index (χ2v) is 4.35. The van der Waals surface area contributed by atoms with Gasteiger partial charge in [0.1, 0.15) is 5.78 Å². The molecule has 1 atom stereocenters. The van der Waals surface area contributed by atoms with E-state index in [-0.39, 0.29) is 5.92 Å². The molecule has 0 spiro atoms. The number of halogens is 1. The molecular weight excluding hydrogens is 216 g/mol. The van der Waals surface area contributed by atoms with Crippen LogP contribution >= 0.6 is 15.9 Å². The van der Waals surface area contributed by atoms with Gasteiger partial charge in [0, 0.05) is 5.92 Å². The van der Waals surface area contributed by atoms with Crippen LogP contribution in [-0.4, -0.2) is 11.1 Å². The van der Waals surface area contributed by atoms with E-state index in [1.807, 2.05) is 0 Å². The van der Waals surface area contributed by atoms with Gasteiger partial charge in [-0.25, -0.2) is 0 Å². The summed E-state index contributed by atoms with van der Waals surface area (Å²) in [6, 6.07) is 0. The highest BCUT2D eigenvalue weighted by atomic mass is 79.9. The first kappa shape index (κ1) is 10.2. The zero-order chi connectivity index (χ0) is 8.97. The quantitative estimate of drug-likeness (QED) is 0.684. The van der Waals surface area contributed by atoms with Crippen molar-refractivity contribution in [3.63, 3.8) is 0 Å². The van der Waals surface area contributed by atoms with Crippen LogP contribution in [0.1, 0.15) is 39.0 Å². The van der Waals surface area contributed by atoms with Crippen molar-refractivity contribution in [1.82, 2.24) is 0 Å². The first-order chi connectivity index (χ1) is 5.75. The van der Waals surface area contributed by atoms with Crippen molar-refractivity contribution in [2.45, 2.75) is 39.0 Å². The minimum Gasteiger partial charge on any atom is -0.298 e. The molecule has 0 amide bonds. The Bertz CT molecular complexity index is 150. The van der Waals surface area contributed by atoms with Crippen molar-refractivity contribution in [2.75, 3.05) is 5.33 Å². The van der Waals surface area contributed by atoms with E-state index in [1.54, 1.807) is 0 Å². The Balaban J connectivity index is 2.39. The Labute approximate surface area is 83.0 Å².